The fraction of sp³-hybridized carbons (Fsp3) is 0.423. The summed E-state index contributed by atoms with van der Waals surface area (Å²) >= 11 is 12.3. The van der Waals surface area contributed by atoms with E-state index >= 15 is 0 Å². The molecule has 0 spiro atoms. The van der Waals surface area contributed by atoms with E-state index in [1.54, 1.807) is 63.2 Å². The summed E-state index contributed by atoms with van der Waals surface area (Å²) in [5.74, 6) is -2.60. The van der Waals surface area contributed by atoms with Crippen molar-refractivity contribution < 1.29 is 29.3 Å². The standard InChI is InChI=1S/C26H29Cl2NO6/c1-25(2)18(11-12-26(25,3)24(33)34)22(30)29-21(23(31)32)13-15-7-9-16(10-8-15)35-14-17-19(27)5-4-6-20(17)28/h4-10,18,21H,11-14H2,1-3H3,(H,29,30)(H,31,32)(H,33,34)/t18?,21-,26?/m1/s1. The zero-order chi connectivity index (χ0) is 26.0. The quantitative estimate of drug-likeness (QED) is 0.417. The lowest BCUT2D eigenvalue weighted by Crippen LogP contribution is -2.49. The highest BCUT2D eigenvalue weighted by Gasteiger charge is 2.58. The van der Waals surface area contributed by atoms with Gasteiger partial charge in [0.05, 0.1) is 5.41 Å². The number of hydrogen-bond donors (Lipinski definition) is 3. The smallest absolute Gasteiger partial charge is 0.326 e. The van der Waals surface area contributed by atoms with E-state index in [0.717, 1.165) is 0 Å². The molecule has 0 radical (unpaired) electrons. The lowest BCUT2D eigenvalue weighted by Gasteiger charge is -2.38. The number of aliphatic carboxylic acids is 2. The molecule has 1 aliphatic rings. The zero-order valence-corrected chi connectivity index (χ0v) is 21.3. The van der Waals surface area contributed by atoms with E-state index in [1.165, 1.54) is 0 Å². The maximum Gasteiger partial charge on any atom is 0.326 e. The Morgan fingerprint density at radius 1 is 1.06 bits per heavy atom. The second-order valence-corrected chi connectivity index (χ2v) is 10.5. The molecular weight excluding hydrogens is 493 g/mol. The maximum absolute atomic E-state index is 13.0. The number of ether oxygens (including phenoxy) is 1. The maximum atomic E-state index is 13.0. The summed E-state index contributed by atoms with van der Waals surface area (Å²) in [6, 6.07) is 10.9. The van der Waals surface area contributed by atoms with E-state index in [1.807, 2.05) is 0 Å². The van der Waals surface area contributed by atoms with E-state index in [-0.39, 0.29) is 13.0 Å². The Hall–Kier alpha value is -2.77. The number of carboxylic acid groups (broad SMARTS) is 2. The number of benzene rings is 2. The molecule has 2 aromatic carbocycles. The molecule has 2 aromatic rings. The van der Waals surface area contributed by atoms with E-state index in [0.29, 0.717) is 39.8 Å². The molecular formula is C26H29Cl2NO6. The number of carbonyl (C=O) groups is 3. The van der Waals surface area contributed by atoms with Gasteiger partial charge in [-0.3, -0.25) is 9.59 Å². The third-order valence-electron chi connectivity index (χ3n) is 7.44. The van der Waals surface area contributed by atoms with Crippen LogP contribution in [0.4, 0.5) is 0 Å². The number of nitrogens with one attached hydrogen (secondary N) is 1. The predicted molar refractivity (Wildman–Crippen MR) is 133 cm³/mol. The highest BCUT2D eigenvalue weighted by molar-refractivity contribution is 6.35. The lowest BCUT2D eigenvalue weighted by atomic mass is 9.65. The molecule has 2 unspecified atom stereocenters. The van der Waals surface area contributed by atoms with Crippen LogP contribution in [0.1, 0.15) is 44.7 Å². The Kier molecular flexibility index (Phi) is 8.02. The molecule has 3 N–H and O–H groups in total. The van der Waals surface area contributed by atoms with Crippen LogP contribution in [-0.4, -0.2) is 34.1 Å². The van der Waals surface area contributed by atoms with E-state index < -0.39 is 40.6 Å². The first-order valence-electron chi connectivity index (χ1n) is 11.3. The Labute approximate surface area is 214 Å². The minimum absolute atomic E-state index is 0.0705. The zero-order valence-electron chi connectivity index (χ0n) is 19.8. The fourth-order valence-corrected chi connectivity index (χ4v) is 5.10. The highest BCUT2D eigenvalue weighted by atomic mass is 35.5. The Morgan fingerprint density at radius 2 is 1.66 bits per heavy atom. The molecule has 9 heteroatoms. The van der Waals surface area contributed by atoms with E-state index in [2.05, 4.69) is 5.32 Å². The van der Waals surface area contributed by atoms with Gasteiger partial charge >= 0.3 is 11.9 Å². The molecule has 1 saturated carbocycles. The summed E-state index contributed by atoms with van der Waals surface area (Å²) in [5, 5.41) is 23.0. The van der Waals surface area contributed by atoms with Crippen molar-refractivity contribution in [3.63, 3.8) is 0 Å². The topological polar surface area (TPSA) is 113 Å². The molecule has 3 rings (SSSR count). The summed E-state index contributed by atoms with van der Waals surface area (Å²) in [5.41, 5.74) is -0.517. The van der Waals surface area contributed by atoms with Crippen LogP contribution in [0.5, 0.6) is 5.75 Å². The predicted octanol–water partition coefficient (Wildman–Crippen LogP) is 5.21. The van der Waals surface area contributed by atoms with Crippen molar-refractivity contribution in [2.45, 2.75) is 52.7 Å². The summed E-state index contributed by atoms with van der Waals surface area (Å²) < 4.78 is 5.75. The van der Waals surface area contributed by atoms with Crippen LogP contribution in [0.3, 0.4) is 0 Å². The SMILES string of the molecule is CC1(C(=O)O)CCC(C(=O)N[C@H](Cc2ccc(OCc3c(Cl)cccc3Cl)cc2)C(=O)O)C1(C)C. The van der Waals surface area contributed by atoms with Gasteiger partial charge in [0.2, 0.25) is 5.91 Å². The first-order valence-corrected chi connectivity index (χ1v) is 12.0. The third kappa shape index (κ3) is 5.57. The average molecular weight is 522 g/mol. The van der Waals surface area contributed by atoms with Gasteiger partial charge in [-0.2, -0.15) is 0 Å². The van der Waals surface area contributed by atoms with Gasteiger partial charge in [-0.05, 0) is 55.0 Å². The number of rotatable bonds is 9. The summed E-state index contributed by atoms with van der Waals surface area (Å²) in [6.07, 6.45) is 0.808. The molecule has 0 saturated heterocycles. The number of hydrogen-bond acceptors (Lipinski definition) is 4. The van der Waals surface area contributed by atoms with Gasteiger partial charge in [0.25, 0.3) is 0 Å². The monoisotopic (exact) mass is 521 g/mol. The van der Waals surface area contributed by atoms with Gasteiger partial charge < -0.3 is 20.3 Å². The Morgan fingerprint density at radius 3 is 2.17 bits per heavy atom. The second kappa shape index (κ2) is 10.5. The summed E-state index contributed by atoms with van der Waals surface area (Å²) in [4.78, 5) is 36.7. The molecule has 188 valence electrons. The molecule has 35 heavy (non-hydrogen) atoms. The Bertz CT molecular complexity index is 1100. The van der Waals surface area contributed by atoms with Gasteiger partial charge in [-0.25, -0.2) is 4.79 Å². The molecule has 1 aliphatic carbocycles. The highest BCUT2D eigenvalue weighted by Crippen LogP contribution is 2.56. The molecule has 0 heterocycles. The third-order valence-corrected chi connectivity index (χ3v) is 8.15. The van der Waals surface area contributed by atoms with Crippen LogP contribution in [0.2, 0.25) is 10.0 Å². The molecule has 0 bridgehead atoms. The van der Waals surface area contributed by atoms with Crippen LogP contribution in [-0.2, 0) is 27.4 Å². The summed E-state index contributed by atoms with van der Waals surface area (Å²) in [7, 11) is 0. The lowest BCUT2D eigenvalue weighted by molar-refractivity contribution is -0.155. The van der Waals surface area contributed by atoms with Gasteiger partial charge in [-0.15, -0.1) is 0 Å². The van der Waals surface area contributed by atoms with Crippen molar-refractivity contribution in [3.05, 3.63) is 63.6 Å². The van der Waals surface area contributed by atoms with Crippen LogP contribution < -0.4 is 10.1 Å². The van der Waals surface area contributed by atoms with Crippen molar-refractivity contribution in [1.82, 2.24) is 5.32 Å². The van der Waals surface area contributed by atoms with Gasteiger partial charge in [-0.1, -0.05) is 55.2 Å². The number of carboxylic acids is 2. The first kappa shape index (κ1) is 26.8. The van der Waals surface area contributed by atoms with Crippen LogP contribution >= 0.6 is 23.2 Å². The van der Waals surface area contributed by atoms with Crippen molar-refractivity contribution in [1.29, 1.82) is 0 Å². The van der Waals surface area contributed by atoms with Crippen molar-refractivity contribution in [2.24, 2.45) is 16.7 Å². The number of amides is 1. The molecule has 0 aliphatic heterocycles. The first-order chi connectivity index (χ1) is 16.4. The number of carbonyl (C=O) groups excluding carboxylic acids is 1. The van der Waals surface area contributed by atoms with Crippen molar-refractivity contribution in [2.75, 3.05) is 0 Å². The molecule has 3 atom stereocenters. The molecule has 1 fully saturated rings. The van der Waals surface area contributed by atoms with E-state index in [9.17, 15) is 24.6 Å². The minimum atomic E-state index is -1.16. The van der Waals surface area contributed by atoms with Gasteiger partial charge in [0, 0.05) is 27.9 Å². The fourth-order valence-electron chi connectivity index (χ4n) is 4.60. The van der Waals surface area contributed by atoms with Crippen molar-refractivity contribution >= 4 is 41.0 Å². The second-order valence-electron chi connectivity index (χ2n) is 9.69. The van der Waals surface area contributed by atoms with Crippen LogP contribution in [0.15, 0.2) is 42.5 Å². The normalized spacial score (nSPS) is 21.8. The van der Waals surface area contributed by atoms with Gasteiger partial charge in [0.15, 0.2) is 0 Å². The molecule has 1 amide bonds. The molecule has 7 nitrogen and oxygen atoms in total. The van der Waals surface area contributed by atoms with Crippen molar-refractivity contribution in [3.8, 4) is 5.75 Å². The molecule has 0 aromatic heterocycles. The van der Waals surface area contributed by atoms with E-state index in [4.69, 9.17) is 27.9 Å². The largest absolute Gasteiger partial charge is 0.489 e. The van der Waals surface area contributed by atoms with Crippen LogP contribution in [0, 0.1) is 16.7 Å². The Balaban J connectivity index is 1.64. The summed E-state index contributed by atoms with van der Waals surface area (Å²) in [6.45, 7) is 5.32. The van der Waals surface area contributed by atoms with Crippen LogP contribution in [0.25, 0.3) is 0 Å². The number of halogens is 2. The minimum Gasteiger partial charge on any atom is -0.489 e. The average Bonchev–Trinajstić information content (AvgIpc) is 3.03. The van der Waals surface area contributed by atoms with Gasteiger partial charge in [0.1, 0.15) is 18.4 Å².